The molecular formula is C64H61N4OPt-3. The summed E-state index contributed by atoms with van der Waals surface area (Å²) in [5.41, 5.74) is 9.67. The van der Waals surface area contributed by atoms with Crippen LogP contribution >= 0.6 is 0 Å². The van der Waals surface area contributed by atoms with Gasteiger partial charge in [-0.1, -0.05) is 166 Å². The maximum atomic E-state index is 9.79. The van der Waals surface area contributed by atoms with E-state index < -0.39 is 5.41 Å². The number of fused-ring (bicyclic) bond motifs is 5. The molecule has 11 rings (SSSR count). The van der Waals surface area contributed by atoms with Gasteiger partial charge < -0.3 is 19.1 Å². The first-order valence-corrected chi connectivity index (χ1v) is 23.8. The van der Waals surface area contributed by atoms with Gasteiger partial charge in [0, 0.05) is 72.5 Å². The number of anilines is 4. The predicted octanol–water partition coefficient (Wildman–Crippen LogP) is 17.3. The standard InChI is InChI=1S/C64H61N4O.Pt/c1-61(2,3)44-19-15-18-42(36-44)49-23-17-24-50(43-28-31-53-54(37-43)64(9,10)34-33-63(53,7)8)60(49)67-41-66(56-26-13-14-27-57(56)67)46-20-16-21-47(39-46)69-48-29-30-52-51-22-11-12-25-55(51)68(58(52)40-48)59-38-45(32-35-65-59)62(4,5)6;/h11-32,35-38,41H,33-34H2,1-10H3;/q-3;/i11D,12D,15D,18D,19D,22D,25D,36D;. The maximum absolute atomic E-state index is 9.79. The molecule has 9 aromatic rings. The molecule has 0 saturated heterocycles. The van der Waals surface area contributed by atoms with E-state index in [4.69, 9.17) is 17.9 Å². The van der Waals surface area contributed by atoms with Crippen molar-refractivity contribution in [1.29, 1.82) is 0 Å². The molecule has 1 aliphatic carbocycles. The Balaban J connectivity index is 0.00000688. The van der Waals surface area contributed by atoms with Gasteiger partial charge >= 0.3 is 0 Å². The van der Waals surface area contributed by atoms with Crippen molar-refractivity contribution in [2.75, 3.05) is 9.80 Å². The van der Waals surface area contributed by atoms with Crippen LogP contribution < -0.4 is 14.5 Å². The minimum atomic E-state index is -0.653. The molecule has 0 fully saturated rings. The van der Waals surface area contributed by atoms with Crippen LogP contribution in [0.15, 0.2) is 158 Å². The largest absolute Gasteiger partial charge is 0.509 e. The van der Waals surface area contributed by atoms with Crippen molar-refractivity contribution in [2.45, 2.75) is 104 Å². The second kappa shape index (κ2) is 17.5. The van der Waals surface area contributed by atoms with Crippen LogP contribution in [-0.2, 0) is 42.7 Å². The van der Waals surface area contributed by atoms with Crippen molar-refractivity contribution < 1.29 is 36.8 Å². The van der Waals surface area contributed by atoms with Gasteiger partial charge in [0.2, 0.25) is 0 Å². The van der Waals surface area contributed by atoms with Gasteiger partial charge in [-0.05, 0) is 104 Å². The van der Waals surface area contributed by atoms with Gasteiger partial charge in [0.15, 0.2) is 0 Å². The van der Waals surface area contributed by atoms with Gasteiger partial charge in [-0.2, -0.15) is 12.1 Å². The number of para-hydroxylation sites is 4. The number of aromatic nitrogens is 2. The topological polar surface area (TPSA) is 33.5 Å². The third-order valence-corrected chi connectivity index (χ3v) is 14.1. The second-order valence-corrected chi connectivity index (χ2v) is 21.9. The van der Waals surface area contributed by atoms with Gasteiger partial charge in [-0.25, -0.2) is 4.98 Å². The molecule has 0 atom stereocenters. The Kier molecular flexibility index (Phi) is 9.56. The average molecular weight is 1110 g/mol. The van der Waals surface area contributed by atoms with Crippen LogP contribution in [0.4, 0.5) is 22.7 Å². The summed E-state index contributed by atoms with van der Waals surface area (Å²) in [5.74, 6) is 1.20. The summed E-state index contributed by atoms with van der Waals surface area (Å²) >= 11 is 0. The Morgan fingerprint density at radius 2 is 1.31 bits per heavy atom. The van der Waals surface area contributed by atoms with Crippen molar-refractivity contribution in [3.63, 3.8) is 0 Å². The fourth-order valence-corrected chi connectivity index (χ4v) is 10.0. The molecule has 0 unspecified atom stereocenters. The minimum absolute atomic E-state index is 0. The van der Waals surface area contributed by atoms with Crippen LogP contribution in [0.5, 0.6) is 11.5 Å². The zero-order valence-electron chi connectivity index (χ0n) is 49.4. The van der Waals surface area contributed by atoms with Gasteiger partial charge in [-0.15, -0.1) is 48.1 Å². The van der Waals surface area contributed by atoms with E-state index in [1.807, 2.05) is 99.1 Å². The molecule has 3 heterocycles. The molecule has 0 spiro atoms. The van der Waals surface area contributed by atoms with E-state index in [9.17, 15) is 2.74 Å². The fourth-order valence-electron chi connectivity index (χ4n) is 10.0. The molecule has 0 bridgehead atoms. The smallest absolute Gasteiger partial charge is 0.135 e. The fraction of sp³-hybridized carbons (Fsp3) is 0.250. The van der Waals surface area contributed by atoms with E-state index in [1.54, 1.807) is 22.9 Å². The normalized spacial score (nSPS) is 16.8. The molecular weight excluding hydrogens is 1040 g/mol. The van der Waals surface area contributed by atoms with Crippen molar-refractivity contribution in [2.24, 2.45) is 0 Å². The molecule has 7 aromatic carbocycles. The molecule has 0 radical (unpaired) electrons. The van der Waals surface area contributed by atoms with Crippen LogP contribution in [-0.4, -0.2) is 9.55 Å². The number of benzene rings is 7. The van der Waals surface area contributed by atoms with Crippen LogP contribution in [0.3, 0.4) is 0 Å². The van der Waals surface area contributed by atoms with Gasteiger partial charge in [-0.3, -0.25) is 0 Å². The summed E-state index contributed by atoms with van der Waals surface area (Å²) in [5, 5.41) is 0.939. The van der Waals surface area contributed by atoms with E-state index in [-0.39, 0.29) is 85.6 Å². The quantitative estimate of drug-likeness (QED) is 0.149. The van der Waals surface area contributed by atoms with E-state index in [0.717, 1.165) is 46.6 Å². The summed E-state index contributed by atoms with van der Waals surface area (Å²) in [7, 11) is 0. The molecule has 2 aromatic heterocycles. The molecule has 2 aliphatic rings. The third kappa shape index (κ3) is 8.34. The van der Waals surface area contributed by atoms with E-state index in [0.29, 0.717) is 61.5 Å². The molecule has 0 N–H and O–H groups in total. The van der Waals surface area contributed by atoms with E-state index in [1.165, 1.54) is 11.1 Å². The Labute approximate surface area is 440 Å². The molecule has 70 heavy (non-hydrogen) atoms. The first-order valence-electron chi connectivity index (χ1n) is 27.8. The van der Waals surface area contributed by atoms with Gasteiger partial charge in [0.1, 0.15) is 5.82 Å². The molecule has 0 amide bonds. The summed E-state index contributed by atoms with van der Waals surface area (Å²) in [4.78, 5) is 8.88. The molecule has 356 valence electrons. The summed E-state index contributed by atoms with van der Waals surface area (Å²) in [6, 6.07) is 39.4. The Bertz CT molecular complexity index is 3930. The van der Waals surface area contributed by atoms with E-state index in [2.05, 4.69) is 89.8 Å². The summed E-state index contributed by atoms with van der Waals surface area (Å²) < 4.78 is 81.1. The van der Waals surface area contributed by atoms with Gasteiger partial charge in [0.25, 0.3) is 0 Å². The Hall–Kier alpha value is -6.42. The van der Waals surface area contributed by atoms with Crippen molar-refractivity contribution in [3.8, 4) is 39.6 Å². The van der Waals surface area contributed by atoms with Crippen molar-refractivity contribution in [3.05, 3.63) is 199 Å². The number of rotatable bonds is 7. The maximum Gasteiger partial charge on any atom is 0.135 e. The number of hydrogen-bond donors (Lipinski definition) is 0. The van der Waals surface area contributed by atoms with Crippen molar-refractivity contribution >= 4 is 44.6 Å². The SMILES string of the molecule is [2H]c1c([2H])c(-c2cccc(-c3ccc4c(c3)C(C)(C)CCC4(C)C)c2N2[CH-]N(c3[c-]c(Oc4[c-]c5c(cc4)c4c([2H])c([2H])c([2H])c([2H])c4n5-c4cc(C(C)(C)C)ccn4)ccc3)c3ccccc32)c([2H])c(C(C)(C)C)c1[2H].[Pt]. The Morgan fingerprint density at radius 1 is 0.629 bits per heavy atom. The van der Waals surface area contributed by atoms with Gasteiger partial charge in [0.05, 0.1) is 11.0 Å². The number of nitrogens with zero attached hydrogens (tertiary/aromatic N) is 4. The number of hydrogen-bond acceptors (Lipinski definition) is 4. The molecule has 1 aliphatic heterocycles. The van der Waals surface area contributed by atoms with Crippen LogP contribution in [0.25, 0.3) is 49.9 Å². The average Bonchev–Trinajstić information content (AvgIpc) is 4.15. The van der Waals surface area contributed by atoms with E-state index >= 15 is 0 Å². The summed E-state index contributed by atoms with van der Waals surface area (Å²) in [6.07, 6.45) is 3.83. The third-order valence-electron chi connectivity index (χ3n) is 14.1. The molecule has 5 nitrogen and oxygen atoms in total. The van der Waals surface area contributed by atoms with Crippen LogP contribution in [0.1, 0.15) is 115 Å². The summed E-state index contributed by atoms with van der Waals surface area (Å²) in [6.45, 7) is 23.4. The van der Waals surface area contributed by atoms with Crippen LogP contribution in [0, 0.1) is 18.8 Å². The second-order valence-electron chi connectivity index (χ2n) is 21.9. The van der Waals surface area contributed by atoms with Crippen molar-refractivity contribution in [1.82, 2.24) is 9.55 Å². The van der Waals surface area contributed by atoms with Crippen LogP contribution in [0.2, 0.25) is 0 Å². The zero-order valence-corrected chi connectivity index (χ0v) is 43.7. The first-order chi connectivity index (χ1) is 36.3. The molecule has 6 heteroatoms. The predicted molar refractivity (Wildman–Crippen MR) is 288 cm³/mol. The first kappa shape index (κ1) is 38.3. The number of pyridine rings is 1. The minimum Gasteiger partial charge on any atom is -0.509 e. The monoisotopic (exact) mass is 1100 g/mol. The zero-order chi connectivity index (χ0) is 55.0. The Morgan fingerprint density at radius 3 is 2.07 bits per heavy atom. The molecule has 0 saturated carbocycles. The number of ether oxygens (including phenoxy) is 1.